The van der Waals surface area contributed by atoms with Crippen LogP contribution in [0.4, 0.5) is 5.69 Å². The van der Waals surface area contributed by atoms with Crippen molar-refractivity contribution >= 4 is 15.7 Å². The van der Waals surface area contributed by atoms with E-state index in [-0.39, 0.29) is 21.8 Å². The van der Waals surface area contributed by atoms with Gasteiger partial charge in [0.05, 0.1) is 5.69 Å². The highest BCUT2D eigenvalue weighted by Gasteiger charge is 2.66. The number of nitrogens with one attached hydrogen (secondary N) is 2. The SMILES string of the molecule is CNc1ccncc1S(=O)(=O)NC1C(C)(C)C1(C)C. The molecule has 0 aromatic carbocycles. The van der Waals surface area contributed by atoms with E-state index in [9.17, 15) is 8.42 Å². The molecule has 1 fully saturated rings. The Labute approximate surface area is 114 Å². The van der Waals surface area contributed by atoms with Crippen molar-refractivity contribution in [3.63, 3.8) is 0 Å². The lowest BCUT2D eigenvalue weighted by atomic mass is 10.0. The summed E-state index contributed by atoms with van der Waals surface area (Å²) in [5.41, 5.74) is 0.475. The van der Waals surface area contributed by atoms with Crippen molar-refractivity contribution in [2.75, 3.05) is 12.4 Å². The number of hydrogen-bond acceptors (Lipinski definition) is 4. The zero-order chi connectivity index (χ0) is 14.5. The second-order valence-electron chi connectivity index (χ2n) is 6.12. The van der Waals surface area contributed by atoms with Crippen LogP contribution in [0.1, 0.15) is 27.7 Å². The van der Waals surface area contributed by atoms with Crippen LogP contribution in [0.15, 0.2) is 23.4 Å². The molecule has 0 aliphatic heterocycles. The van der Waals surface area contributed by atoms with Crippen molar-refractivity contribution in [2.45, 2.75) is 38.6 Å². The van der Waals surface area contributed by atoms with Crippen LogP contribution in [0.2, 0.25) is 0 Å². The standard InChI is InChI=1S/C13H21N3O2S/c1-12(2)11(13(12,3)4)16-19(17,18)10-8-15-7-6-9(10)14-5/h6-8,11,16H,1-5H3,(H,14,15). The maximum atomic E-state index is 12.4. The Balaban J connectivity index is 2.31. The van der Waals surface area contributed by atoms with Gasteiger partial charge in [-0.3, -0.25) is 4.98 Å². The summed E-state index contributed by atoms with van der Waals surface area (Å²) in [6.45, 7) is 8.29. The van der Waals surface area contributed by atoms with Gasteiger partial charge in [-0.2, -0.15) is 0 Å². The van der Waals surface area contributed by atoms with Crippen LogP contribution < -0.4 is 10.0 Å². The normalized spacial score (nSPS) is 21.1. The fraction of sp³-hybridized carbons (Fsp3) is 0.615. The van der Waals surface area contributed by atoms with Crippen LogP contribution in [-0.2, 0) is 10.0 Å². The van der Waals surface area contributed by atoms with E-state index in [4.69, 9.17) is 0 Å². The van der Waals surface area contributed by atoms with Gasteiger partial charge in [-0.15, -0.1) is 0 Å². The molecule has 1 aliphatic rings. The molecule has 0 saturated heterocycles. The fourth-order valence-electron chi connectivity index (χ4n) is 2.51. The van der Waals surface area contributed by atoms with Gasteiger partial charge in [0.25, 0.3) is 0 Å². The maximum Gasteiger partial charge on any atom is 0.244 e. The summed E-state index contributed by atoms with van der Waals surface area (Å²) in [5, 5.41) is 2.88. The first-order valence-corrected chi connectivity index (χ1v) is 7.77. The second kappa shape index (κ2) is 4.18. The van der Waals surface area contributed by atoms with Crippen LogP contribution in [-0.4, -0.2) is 26.5 Å². The van der Waals surface area contributed by atoms with Gasteiger partial charge in [0.15, 0.2) is 0 Å². The van der Waals surface area contributed by atoms with Crippen molar-refractivity contribution in [1.82, 2.24) is 9.71 Å². The summed E-state index contributed by atoms with van der Waals surface area (Å²) in [5.74, 6) is 0. The van der Waals surface area contributed by atoms with E-state index in [2.05, 4.69) is 42.7 Å². The van der Waals surface area contributed by atoms with Gasteiger partial charge in [0.1, 0.15) is 4.90 Å². The van der Waals surface area contributed by atoms with Crippen LogP contribution >= 0.6 is 0 Å². The van der Waals surface area contributed by atoms with Crippen molar-refractivity contribution in [1.29, 1.82) is 0 Å². The first-order valence-electron chi connectivity index (χ1n) is 6.28. The summed E-state index contributed by atoms with van der Waals surface area (Å²) in [6, 6.07) is 1.59. The monoisotopic (exact) mass is 283 g/mol. The average Bonchev–Trinajstić information content (AvgIpc) is 2.71. The molecule has 2 rings (SSSR count). The van der Waals surface area contributed by atoms with Crippen LogP contribution in [0.5, 0.6) is 0 Å². The van der Waals surface area contributed by atoms with Gasteiger partial charge in [-0.05, 0) is 16.9 Å². The zero-order valence-electron chi connectivity index (χ0n) is 12.0. The van der Waals surface area contributed by atoms with E-state index in [1.54, 1.807) is 19.3 Å². The molecule has 0 amide bonds. The third-order valence-corrected chi connectivity index (χ3v) is 6.09. The Morgan fingerprint density at radius 1 is 1.21 bits per heavy atom. The Morgan fingerprint density at radius 2 is 1.79 bits per heavy atom. The van der Waals surface area contributed by atoms with Gasteiger partial charge in [-0.1, -0.05) is 27.7 Å². The highest BCUT2D eigenvalue weighted by Crippen LogP contribution is 2.63. The van der Waals surface area contributed by atoms with E-state index in [0.717, 1.165) is 0 Å². The molecule has 19 heavy (non-hydrogen) atoms. The molecule has 1 heterocycles. The summed E-state index contributed by atoms with van der Waals surface area (Å²) in [6.07, 6.45) is 2.94. The average molecular weight is 283 g/mol. The van der Waals surface area contributed by atoms with Gasteiger partial charge >= 0.3 is 0 Å². The van der Waals surface area contributed by atoms with Gasteiger partial charge in [0.2, 0.25) is 10.0 Å². The number of nitrogens with zero attached hydrogens (tertiary/aromatic N) is 1. The lowest BCUT2D eigenvalue weighted by Gasteiger charge is -2.11. The van der Waals surface area contributed by atoms with Crippen molar-refractivity contribution in [3.05, 3.63) is 18.5 Å². The Hall–Kier alpha value is -1.14. The minimum atomic E-state index is -3.56. The number of pyridine rings is 1. The summed E-state index contributed by atoms with van der Waals surface area (Å²) < 4.78 is 27.7. The molecule has 0 unspecified atom stereocenters. The zero-order valence-corrected chi connectivity index (χ0v) is 12.8. The van der Waals surface area contributed by atoms with Crippen molar-refractivity contribution < 1.29 is 8.42 Å². The number of rotatable bonds is 4. The molecule has 2 N–H and O–H groups in total. The predicted molar refractivity (Wildman–Crippen MR) is 75.5 cm³/mol. The largest absolute Gasteiger partial charge is 0.387 e. The number of hydrogen-bond donors (Lipinski definition) is 2. The lowest BCUT2D eigenvalue weighted by Crippen LogP contribution is -2.30. The Morgan fingerprint density at radius 3 is 2.26 bits per heavy atom. The van der Waals surface area contributed by atoms with E-state index >= 15 is 0 Å². The summed E-state index contributed by atoms with van der Waals surface area (Å²) in [4.78, 5) is 4.09. The highest BCUT2D eigenvalue weighted by atomic mass is 32.2. The lowest BCUT2D eigenvalue weighted by molar-refractivity contribution is 0.457. The number of anilines is 1. The molecule has 5 nitrogen and oxygen atoms in total. The highest BCUT2D eigenvalue weighted by molar-refractivity contribution is 7.89. The smallest absolute Gasteiger partial charge is 0.244 e. The number of sulfonamides is 1. The molecule has 0 spiro atoms. The summed E-state index contributed by atoms with van der Waals surface area (Å²) >= 11 is 0. The van der Waals surface area contributed by atoms with Crippen LogP contribution in [0, 0.1) is 10.8 Å². The molecule has 1 saturated carbocycles. The first-order chi connectivity index (χ1) is 8.64. The van der Waals surface area contributed by atoms with Crippen molar-refractivity contribution in [3.8, 4) is 0 Å². The minimum absolute atomic E-state index is 0.0396. The third kappa shape index (κ3) is 2.12. The molecular formula is C13H21N3O2S. The molecule has 1 aliphatic carbocycles. The van der Waals surface area contributed by atoms with Crippen molar-refractivity contribution in [2.24, 2.45) is 10.8 Å². The molecule has 1 aromatic heterocycles. The topological polar surface area (TPSA) is 71.1 Å². The minimum Gasteiger partial charge on any atom is -0.387 e. The summed E-state index contributed by atoms with van der Waals surface area (Å²) in [7, 11) is -1.86. The Kier molecular flexibility index (Phi) is 3.14. The molecule has 106 valence electrons. The van der Waals surface area contributed by atoms with Crippen LogP contribution in [0.3, 0.4) is 0 Å². The molecule has 6 heteroatoms. The molecule has 0 radical (unpaired) electrons. The molecular weight excluding hydrogens is 262 g/mol. The van der Waals surface area contributed by atoms with Gasteiger partial charge < -0.3 is 5.32 Å². The van der Waals surface area contributed by atoms with E-state index < -0.39 is 10.0 Å². The fourth-order valence-corrected chi connectivity index (χ4v) is 4.20. The van der Waals surface area contributed by atoms with E-state index in [0.29, 0.717) is 5.69 Å². The number of aromatic nitrogens is 1. The van der Waals surface area contributed by atoms with Gasteiger partial charge in [0, 0.05) is 25.5 Å². The molecule has 0 atom stereocenters. The third-order valence-electron chi connectivity index (χ3n) is 4.64. The van der Waals surface area contributed by atoms with Crippen LogP contribution in [0.25, 0.3) is 0 Å². The predicted octanol–water partition coefficient (Wildman–Crippen LogP) is 1.84. The van der Waals surface area contributed by atoms with E-state index in [1.165, 1.54) is 6.20 Å². The molecule has 0 bridgehead atoms. The first kappa shape index (κ1) is 14.3. The quantitative estimate of drug-likeness (QED) is 0.884. The Bertz CT molecular complexity index is 580. The second-order valence-corrected chi connectivity index (χ2v) is 7.80. The maximum absolute atomic E-state index is 12.4. The van der Waals surface area contributed by atoms with E-state index in [1.807, 2.05) is 0 Å². The molecule has 1 aromatic rings. The van der Waals surface area contributed by atoms with Gasteiger partial charge in [-0.25, -0.2) is 13.1 Å².